The van der Waals surface area contributed by atoms with Crippen LogP contribution in [-0.2, 0) is 11.3 Å². The van der Waals surface area contributed by atoms with Gasteiger partial charge in [0.1, 0.15) is 5.75 Å². The Balaban J connectivity index is 1.76. The fraction of sp³-hybridized carbons (Fsp3) is 0.464. The van der Waals surface area contributed by atoms with E-state index in [1.165, 1.54) is 0 Å². The van der Waals surface area contributed by atoms with E-state index < -0.39 is 12.0 Å². The van der Waals surface area contributed by atoms with Gasteiger partial charge in [0.15, 0.2) is 6.10 Å². The van der Waals surface area contributed by atoms with Crippen LogP contribution in [-0.4, -0.2) is 34.8 Å². The van der Waals surface area contributed by atoms with Gasteiger partial charge >= 0.3 is 0 Å². The maximum Gasteiger partial charge on any atom is 0.265 e. The first kappa shape index (κ1) is 27.8. The van der Waals surface area contributed by atoms with Gasteiger partial charge in [0.05, 0.1) is 0 Å². The minimum atomic E-state index is -0.629. The van der Waals surface area contributed by atoms with E-state index in [0.717, 1.165) is 31.2 Å². The molecule has 3 rings (SSSR count). The summed E-state index contributed by atoms with van der Waals surface area (Å²) in [5.41, 5.74) is 8.50. The number of hydrogen-bond donors (Lipinski definition) is 3. The van der Waals surface area contributed by atoms with Crippen LogP contribution >= 0.6 is 0 Å². The molecule has 9 heteroatoms. The van der Waals surface area contributed by atoms with Crippen LogP contribution in [0.5, 0.6) is 5.75 Å². The summed E-state index contributed by atoms with van der Waals surface area (Å²) >= 11 is 0. The number of carbonyl (C=O) groups excluding carboxylic acids is 2. The summed E-state index contributed by atoms with van der Waals surface area (Å²) in [7, 11) is 0. The molecule has 2 aromatic carbocycles. The molecule has 0 aliphatic heterocycles. The molecular formula is C28H38N6O3. The number of guanidine groups is 1. The lowest BCUT2D eigenvalue weighted by molar-refractivity contribution is -0.142. The SMILES string of the molecule is CC(Oc1ccccc1)C(=O)N(Cc1ccc(C(=O)N/C(N=N)=N/N)cc1)C1CCC(C(C)(C)C)CC1. The third-order valence-corrected chi connectivity index (χ3v) is 7.07. The number of benzene rings is 2. The molecule has 1 fully saturated rings. The fourth-order valence-corrected chi connectivity index (χ4v) is 4.85. The maximum atomic E-state index is 13.7. The predicted molar refractivity (Wildman–Crippen MR) is 143 cm³/mol. The lowest BCUT2D eigenvalue weighted by Crippen LogP contribution is -2.47. The van der Waals surface area contributed by atoms with Crippen molar-refractivity contribution in [3.05, 3.63) is 65.7 Å². The topological polar surface area (TPSA) is 133 Å². The zero-order valence-electron chi connectivity index (χ0n) is 22.1. The molecule has 4 N–H and O–H groups in total. The highest BCUT2D eigenvalue weighted by atomic mass is 16.5. The zero-order chi connectivity index (χ0) is 27.0. The quantitative estimate of drug-likeness (QED) is 0.159. The van der Waals surface area contributed by atoms with Crippen LogP contribution in [0.2, 0.25) is 0 Å². The van der Waals surface area contributed by atoms with Gasteiger partial charge in [-0.15, -0.1) is 10.2 Å². The highest BCUT2D eigenvalue weighted by molar-refractivity contribution is 6.05. The number of nitrogens with two attached hydrogens (primary N) is 1. The summed E-state index contributed by atoms with van der Waals surface area (Å²) in [4.78, 5) is 28.0. The first-order chi connectivity index (χ1) is 17.6. The molecule has 9 nitrogen and oxygen atoms in total. The summed E-state index contributed by atoms with van der Waals surface area (Å²) in [6, 6.07) is 16.5. The molecule has 1 atom stereocenters. The van der Waals surface area contributed by atoms with Gasteiger partial charge < -0.3 is 15.5 Å². The van der Waals surface area contributed by atoms with E-state index in [4.69, 9.17) is 16.1 Å². The minimum absolute atomic E-state index is 0.0502. The standard InChI is InChI=1S/C28H38N6O3/c1-19(37-24-8-6-5-7-9-24)26(36)34(23-16-14-22(15-17-23)28(2,3)4)18-20-10-12-21(13-11-20)25(35)31-27(32-29)33-30/h5-13,19,22-23,29H,14-18,30H2,1-4H3,(H,31,33,35). The summed E-state index contributed by atoms with van der Waals surface area (Å²) < 4.78 is 5.98. The molecule has 2 amide bonds. The average Bonchev–Trinajstić information content (AvgIpc) is 2.90. The van der Waals surface area contributed by atoms with E-state index in [1.807, 2.05) is 47.4 Å². The van der Waals surface area contributed by atoms with Gasteiger partial charge in [0.2, 0.25) is 0 Å². The molecule has 0 aromatic heterocycles. The Morgan fingerprint density at radius 3 is 2.24 bits per heavy atom. The maximum absolute atomic E-state index is 13.7. The van der Waals surface area contributed by atoms with E-state index in [2.05, 4.69) is 36.3 Å². The van der Waals surface area contributed by atoms with Crippen molar-refractivity contribution in [3.8, 4) is 5.75 Å². The largest absolute Gasteiger partial charge is 0.481 e. The second kappa shape index (κ2) is 12.5. The van der Waals surface area contributed by atoms with Crippen LogP contribution < -0.4 is 15.9 Å². The van der Waals surface area contributed by atoms with Crippen molar-refractivity contribution in [2.45, 2.75) is 72.1 Å². The van der Waals surface area contributed by atoms with Crippen molar-refractivity contribution in [2.75, 3.05) is 0 Å². The van der Waals surface area contributed by atoms with Gasteiger partial charge in [-0.2, -0.15) is 0 Å². The first-order valence-electron chi connectivity index (χ1n) is 12.7. The number of rotatable bonds is 7. The Morgan fingerprint density at radius 1 is 1.08 bits per heavy atom. The van der Waals surface area contributed by atoms with Crippen LogP contribution in [0.4, 0.5) is 0 Å². The average molecular weight is 507 g/mol. The first-order valence-corrected chi connectivity index (χ1v) is 12.7. The van der Waals surface area contributed by atoms with Crippen LogP contribution in [0.15, 0.2) is 64.8 Å². The number of para-hydroxylation sites is 1. The van der Waals surface area contributed by atoms with E-state index in [9.17, 15) is 9.59 Å². The molecule has 198 valence electrons. The second-order valence-corrected chi connectivity index (χ2v) is 10.6. The molecule has 1 saturated carbocycles. The van der Waals surface area contributed by atoms with Crippen molar-refractivity contribution in [1.29, 1.82) is 5.53 Å². The van der Waals surface area contributed by atoms with Gasteiger partial charge in [-0.05, 0) is 73.8 Å². The van der Waals surface area contributed by atoms with Crippen molar-refractivity contribution < 1.29 is 14.3 Å². The van der Waals surface area contributed by atoms with Crippen molar-refractivity contribution in [3.63, 3.8) is 0 Å². The number of amides is 2. The van der Waals surface area contributed by atoms with Crippen LogP contribution in [0.1, 0.15) is 69.3 Å². The summed E-state index contributed by atoms with van der Waals surface area (Å²) in [6.45, 7) is 9.08. The Labute approximate surface area is 219 Å². The monoisotopic (exact) mass is 506 g/mol. The van der Waals surface area contributed by atoms with Crippen LogP contribution in [0, 0.1) is 16.9 Å². The smallest absolute Gasteiger partial charge is 0.265 e. The summed E-state index contributed by atoms with van der Waals surface area (Å²) in [5, 5.41) is 8.66. The minimum Gasteiger partial charge on any atom is -0.481 e. The fourth-order valence-electron chi connectivity index (χ4n) is 4.85. The molecule has 1 aliphatic carbocycles. The van der Waals surface area contributed by atoms with Gasteiger partial charge in [-0.25, -0.2) is 5.53 Å². The van der Waals surface area contributed by atoms with Crippen LogP contribution in [0.3, 0.4) is 0 Å². The molecule has 37 heavy (non-hydrogen) atoms. The summed E-state index contributed by atoms with van der Waals surface area (Å²) in [6.07, 6.45) is 3.43. The van der Waals surface area contributed by atoms with Crippen molar-refractivity contribution in [1.82, 2.24) is 10.2 Å². The number of hydrogen-bond acceptors (Lipinski definition) is 6. The van der Waals surface area contributed by atoms with E-state index >= 15 is 0 Å². The van der Waals surface area contributed by atoms with Gasteiger partial charge in [-0.1, -0.05) is 51.1 Å². The number of nitrogens with one attached hydrogen (secondary N) is 2. The summed E-state index contributed by atoms with van der Waals surface area (Å²) in [5.74, 6) is 5.61. The lowest BCUT2D eigenvalue weighted by Gasteiger charge is -2.41. The Hall–Kier alpha value is -3.75. The molecule has 0 saturated heterocycles. The molecular weight excluding hydrogens is 468 g/mol. The highest BCUT2D eigenvalue weighted by Gasteiger charge is 2.35. The molecule has 2 aromatic rings. The van der Waals surface area contributed by atoms with Crippen molar-refractivity contribution in [2.24, 2.45) is 27.4 Å². The molecule has 1 unspecified atom stereocenters. The molecule has 0 bridgehead atoms. The Bertz CT molecular complexity index is 1090. The van der Waals surface area contributed by atoms with E-state index in [-0.39, 0.29) is 23.3 Å². The molecule has 0 spiro atoms. The number of hydrazone groups is 1. The number of nitrogens with zero attached hydrogens (tertiary/aromatic N) is 3. The Morgan fingerprint density at radius 2 is 1.70 bits per heavy atom. The van der Waals surface area contributed by atoms with E-state index in [0.29, 0.717) is 23.8 Å². The lowest BCUT2D eigenvalue weighted by atomic mass is 9.71. The zero-order valence-corrected chi connectivity index (χ0v) is 22.1. The Kier molecular flexibility index (Phi) is 9.38. The third-order valence-electron chi connectivity index (χ3n) is 7.07. The molecule has 1 aliphatic rings. The third kappa shape index (κ3) is 7.62. The molecule has 0 radical (unpaired) electrons. The number of carbonyl (C=O) groups is 2. The van der Waals surface area contributed by atoms with Gasteiger partial charge in [0, 0.05) is 18.2 Å². The molecule has 0 heterocycles. The highest BCUT2D eigenvalue weighted by Crippen LogP contribution is 2.39. The second-order valence-electron chi connectivity index (χ2n) is 10.6. The van der Waals surface area contributed by atoms with Crippen LogP contribution in [0.25, 0.3) is 0 Å². The predicted octanol–water partition coefficient (Wildman–Crippen LogP) is 5.08. The van der Waals surface area contributed by atoms with E-state index in [1.54, 1.807) is 19.1 Å². The van der Waals surface area contributed by atoms with Gasteiger partial charge in [-0.3, -0.25) is 14.9 Å². The van der Waals surface area contributed by atoms with Gasteiger partial charge in [0.25, 0.3) is 17.8 Å². The number of ether oxygens (including phenoxy) is 1. The normalized spacial score (nSPS) is 19.0. The van der Waals surface area contributed by atoms with Crippen molar-refractivity contribution >= 4 is 17.8 Å².